The highest BCUT2D eigenvalue weighted by atomic mass is 16.5. The molecular formula is C21H24N2O3. The molecule has 2 aromatic rings. The van der Waals surface area contributed by atoms with Crippen LogP contribution < -0.4 is 14.8 Å². The van der Waals surface area contributed by atoms with Gasteiger partial charge in [-0.25, -0.2) is 4.79 Å². The van der Waals surface area contributed by atoms with E-state index < -0.39 is 0 Å². The maximum atomic E-state index is 12.6. The van der Waals surface area contributed by atoms with Gasteiger partial charge in [0.25, 0.3) is 0 Å². The molecule has 2 amide bonds. The fourth-order valence-corrected chi connectivity index (χ4v) is 2.98. The van der Waals surface area contributed by atoms with Crippen molar-refractivity contribution in [1.82, 2.24) is 4.90 Å². The summed E-state index contributed by atoms with van der Waals surface area (Å²) >= 11 is 0. The molecule has 1 heterocycles. The number of amides is 2. The highest BCUT2D eigenvalue weighted by Gasteiger charge is 2.21. The van der Waals surface area contributed by atoms with Crippen LogP contribution in [-0.4, -0.2) is 30.7 Å². The first-order chi connectivity index (χ1) is 12.7. The zero-order valence-electron chi connectivity index (χ0n) is 15.0. The van der Waals surface area contributed by atoms with Gasteiger partial charge in [0.2, 0.25) is 0 Å². The van der Waals surface area contributed by atoms with Gasteiger partial charge < -0.3 is 19.7 Å². The van der Waals surface area contributed by atoms with Crippen molar-refractivity contribution in [3.8, 4) is 11.5 Å². The van der Waals surface area contributed by atoms with E-state index in [1.807, 2.05) is 48.2 Å². The summed E-state index contributed by atoms with van der Waals surface area (Å²) in [6, 6.07) is 13.4. The molecule has 1 N–H and O–H groups in total. The number of carbonyl (C=O) groups is 1. The van der Waals surface area contributed by atoms with E-state index >= 15 is 0 Å². The SMILES string of the molecule is C=CCOc1cccc(NC(=O)N2CCc3ccc(OCC)cc3C2)c1. The highest BCUT2D eigenvalue weighted by Crippen LogP contribution is 2.25. The van der Waals surface area contributed by atoms with Crippen LogP contribution in [0.1, 0.15) is 18.1 Å². The summed E-state index contributed by atoms with van der Waals surface area (Å²) in [4.78, 5) is 14.5. The first kappa shape index (κ1) is 17.9. The van der Waals surface area contributed by atoms with Crippen molar-refractivity contribution in [2.75, 3.05) is 25.1 Å². The molecule has 0 atom stereocenters. The van der Waals surface area contributed by atoms with Crippen LogP contribution in [0.4, 0.5) is 10.5 Å². The summed E-state index contributed by atoms with van der Waals surface area (Å²) in [7, 11) is 0. The molecule has 0 spiro atoms. The molecule has 0 bridgehead atoms. The predicted molar refractivity (Wildman–Crippen MR) is 103 cm³/mol. The van der Waals surface area contributed by atoms with E-state index in [1.54, 1.807) is 6.08 Å². The van der Waals surface area contributed by atoms with Gasteiger partial charge in [-0.2, -0.15) is 0 Å². The minimum atomic E-state index is -0.113. The van der Waals surface area contributed by atoms with Gasteiger partial charge in [-0.15, -0.1) is 0 Å². The molecule has 136 valence electrons. The number of nitrogens with one attached hydrogen (secondary N) is 1. The summed E-state index contributed by atoms with van der Waals surface area (Å²) in [6.45, 7) is 7.94. The van der Waals surface area contributed by atoms with Gasteiger partial charge >= 0.3 is 6.03 Å². The van der Waals surface area contributed by atoms with Crippen molar-refractivity contribution in [1.29, 1.82) is 0 Å². The Bertz CT molecular complexity index is 789. The van der Waals surface area contributed by atoms with E-state index in [4.69, 9.17) is 9.47 Å². The van der Waals surface area contributed by atoms with Gasteiger partial charge in [-0.05, 0) is 48.7 Å². The average Bonchev–Trinajstić information content (AvgIpc) is 2.66. The van der Waals surface area contributed by atoms with Gasteiger partial charge in [0.15, 0.2) is 0 Å². The Morgan fingerprint density at radius 1 is 1.19 bits per heavy atom. The quantitative estimate of drug-likeness (QED) is 0.791. The van der Waals surface area contributed by atoms with Crippen molar-refractivity contribution in [3.05, 3.63) is 66.2 Å². The summed E-state index contributed by atoms with van der Waals surface area (Å²) in [5.74, 6) is 1.55. The summed E-state index contributed by atoms with van der Waals surface area (Å²) in [5, 5.41) is 2.95. The molecule has 0 aliphatic carbocycles. The second kappa shape index (κ2) is 8.43. The van der Waals surface area contributed by atoms with Gasteiger partial charge in [0.05, 0.1) is 6.61 Å². The number of anilines is 1. The van der Waals surface area contributed by atoms with Gasteiger partial charge in [0.1, 0.15) is 18.1 Å². The van der Waals surface area contributed by atoms with E-state index in [2.05, 4.69) is 18.0 Å². The molecule has 2 aromatic carbocycles. The normalized spacial score (nSPS) is 12.9. The molecule has 0 unspecified atom stereocenters. The number of nitrogens with zero attached hydrogens (tertiary/aromatic N) is 1. The number of benzene rings is 2. The first-order valence-electron chi connectivity index (χ1n) is 8.84. The van der Waals surface area contributed by atoms with Crippen molar-refractivity contribution >= 4 is 11.7 Å². The number of carbonyl (C=O) groups excluding carboxylic acids is 1. The van der Waals surface area contributed by atoms with Crippen molar-refractivity contribution in [2.24, 2.45) is 0 Å². The monoisotopic (exact) mass is 352 g/mol. The fourth-order valence-electron chi connectivity index (χ4n) is 2.98. The van der Waals surface area contributed by atoms with Crippen LogP contribution in [0.15, 0.2) is 55.1 Å². The highest BCUT2D eigenvalue weighted by molar-refractivity contribution is 5.89. The van der Waals surface area contributed by atoms with Crippen LogP contribution >= 0.6 is 0 Å². The van der Waals surface area contributed by atoms with Crippen LogP contribution in [0, 0.1) is 0 Å². The third kappa shape index (κ3) is 4.36. The Kier molecular flexibility index (Phi) is 5.79. The Labute approximate surface area is 154 Å². The lowest BCUT2D eigenvalue weighted by atomic mass is 10.00. The fraction of sp³-hybridized carbons (Fsp3) is 0.286. The molecule has 1 aliphatic rings. The van der Waals surface area contributed by atoms with E-state index in [0.717, 1.165) is 17.7 Å². The number of urea groups is 1. The molecule has 0 saturated heterocycles. The van der Waals surface area contributed by atoms with Gasteiger partial charge in [-0.3, -0.25) is 0 Å². The minimum absolute atomic E-state index is 0.113. The van der Waals surface area contributed by atoms with Crippen LogP contribution in [-0.2, 0) is 13.0 Å². The Morgan fingerprint density at radius 2 is 2.04 bits per heavy atom. The molecule has 0 radical (unpaired) electrons. The van der Waals surface area contributed by atoms with E-state index in [1.165, 1.54) is 5.56 Å². The zero-order valence-corrected chi connectivity index (χ0v) is 15.0. The molecule has 26 heavy (non-hydrogen) atoms. The maximum Gasteiger partial charge on any atom is 0.322 e. The molecular weight excluding hydrogens is 328 g/mol. The third-order valence-corrected chi connectivity index (χ3v) is 4.24. The summed E-state index contributed by atoms with van der Waals surface area (Å²) in [6.07, 6.45) is 2.53. The van der Waals surface area contributed by atoms with Gasteiger partial charge in [-0.1, -0.05) is 24.8 Å². The number of hydrogen-bond acceptors (Lipinski definition) is 3. The Morgan fingerprint density at radius 3 is 2.85 bits per heavy atom. The predicted octanol–water partition coefficient (Wildman–Crippen LogP) is 4.24. The average molecular weight is 352 g/mol. The smallest absolute Gasteiger partial charge is 0.322 e. The topological polar surface area (TPSA) is 50.8 Å². The van der Waals surface area contributed by atoms with E-state index in [9.17, 15) is 4.79 Å². The van der Waals surface area contributed by atoms with Crippen LogP contribution in [0.3, 0.4) is 0 Å². The van der Waals surface area contributed by atoms with Crippen LogP contribution in [0.25, 0.3) is 0 Å². The van der Waals surface area contributed by atoms with Crippen molar-refractivity contribution in [3.63, 3.8) is 0 Å². The number of ether oxygens (including phenoxy) is 2. The number of hydrogen-bond donors (Lipinski definition) is 1. The maximum absolute atomic E-state index is 12.6. The lowest BCUT2D eigenvalue weighted by molar-refractivity contribution is 0.206. The second-order valence-corrected chi connectivity index (χ2v) is 6.09. The van der Waals surface area contributed by atoms with Crippen LogP contribution in [0.5, 0.6) is 11.5 Å². The second-order valence-electron chi connectivity index (χ2n) is 6.09. The third-order valence-electron chi connectivity index (χ3n) is 4.24. The zero-order chi connectivity index (χ0) is 18.4. The first-order valence-corrected chi connectivity index (χ1v) is 8.84. The number of rotatable bonds is 6. The van der Waals surface area contributed by atoms with Gasteiger partial charge in [0, 0.05) is 24.8 Å². The summed E-state index contributed by atoms with van der Waals surface area (Å²) in [5.41, 5.74) is 3.13. The molecule has 3 rings (SSSR count). The van der Waals surface area contributed by atoms with E-state index in [-0.39, 0.29) is 6.03 Å². The van der Waals surface area contributed by atoms with Crippen molar-refractivity contribution < 1.29 is 14.3 Å². The standard InChI is InChI=1S/C21H24N2O3/c1-3-12-26-19-7-5-6-18(14-19)22-21(24)23-11-10-16-8-9-20(25-4-2)13-17(16)15-23/h3,5-9,13-14H,1,4,10-12,15H2,2H3,(H,22,24). The molecule has 1 aliphatic heterocycles. The molecule has 0 fully saturated rings. The van der Waals surface area contributed by atoms with E-state index in [0.29, 0.717) is 37.7 Å². The molecule has 5 heteroatoms. The Balaban J connectivity index is 1.66. The lowest BCUT2D eigenvalue weighted by Gasteiger charge is -2.29. The molecule has 0 saturated carbocycles. The lowest BCUT2D eigenvalue weighted by Crippen LogP contribution is -2.38. The minimum Gasteiger partial charge on any atom is -0.494 e. The largest absolute Gasteiger partial charge is 0.494 e. The Hall–Kier alpha value is -2.95. The van der Waals surface area contributed by atoms with Crippen molar-refractivity contribution in [2.45, 2.75) is 19.9 Å². The molecule has 0 aromatic heterocycles. The molecule has 5 nitrogen and oxygen atoms in total. The summed E-state index contributed by atoms with van der Waals surface area (Å²) < 4.78 is 11.1. The number of fused-ring (bicyclic) bond motifs is 1. The van der Waals surface area contributed by atoms with Crippen LogP contribution in [0.2, 0.25) is 0 Å².